The van der Waals surface area contributed by atoms with Gasteiger partial charge in [0, 0.05) is 12.3 Å². The van der Waals surface area contributed by atoms with E-state index in [0.717, 1.165) is 17.5 Å². The maximum absolute atomic E-state index is 3.92. The number of tetrazole rings is 1. The fourth-order valence-electron chi connectivity index (χ4n) is 0.740. The van der Waals surface area contributed by atoms with Crippen molar-refractivity contribution in [3.63, 3.8) is 0 Å². The highest BCUT2D eigenvalue weighted by Crippen LogP contribution is 2.16. The van der Waals surface area contributed by atoms with Gasteiger partial charge in [-0.25, -0.2) is 4.68 Å². The van der Waals surface area contributed by atoms with Crippen LogP contribution in [0.15, 0.2) is 5.16 Å². The summed E-state index contributed by atoms with van der Waals surface area (Å²) in [6.45, 7) is 7.25. The molecule has 1 rings (SSSR count). The molecule has 0 radical (unpaired) electrons. The largest absolute Gasteiger partial charge is 0.221 e. The van der Waals surface area contributed by atoms with Gasteiger partial charge in [-0.1, -0.05) is 25.6 Å². The van der Waals surface area contributed by atoms with Crippen LogP contribution in [-0.4, -0.2) is 26.0 Å². The van der Waals surface area contributed by atoms with Gasteiger partial charge < -0.3 is 0 Å². The molecule has 0 atom stereocenters. The molecule has 0 aliphatic rings. The first-order chi connectivity index (χ1) is 5.74. The van der Waals surface area contributed by atoms with Crippen molar-refractivity contribution in [2.45, 2.75) is 32.5 Å². The highest BCUT2D eigenvalue weighted by molar-refractivity contribution is 7.99. The molecule has 0 N–H and O–H groups in total. The van der Waals surface area contributed by atoms with Crippen LogP contribution in [0.4, 0.5) is 0 Å². The second kappa shape index (κ2) is 4.45. The van der Waals surface area contributed by atoms with Crippen molar-refractivity contribution in [3.8, 4) is 0 Å². The molecule has 0 saturated carbocycles. The molecular weight excluding hydrogens is 172 g/mol. The topological polar surface area (TPSA) is 43.6 Å². The number of nitrogens with zero attached hydrogens (tertiary/aromatic N) is 4. The van der Waals surface area contributed by atoms with Crippen molar-refractivity contribution < 1.29 is 0 Å². The molecule has 0 amide bonds. The standard InChI is InChI=1S/C7H14N4S/c1-4-11-7(8-9-10-11)12-5-6(2)3/h6H,4-5H2,1-3H3. The fraction of sp³-hybridized carbons (Fsp3) is 0.857. The van der Waals surface area contributed by atoms with Crippen LogP contribution in [0.25, 0.3) is 0 Å². The van der Waals surface area contributed by atoms with E-state index < -0.39 is 0 Å². The third kappa shape index (κ3) is 2.48. The minimum atomic E-state index is 0.678. The Balaban J connectivity index is 2.50. The Bertz CT molecular complexity index is 233. The number of aryl methyl sites for hydroxylation is 1. The van der Waals surface area contributed by atoms with Gasteiger partial charge in [0.1, 0.15) is 0 Å². The zero-order valence-corrected chi connectivity index (χ0v) is 8.51. The van der Waals surface area contributed by atoms with Gasteiger partial charge in [-0.2, -0.15) is 0 Å². The van der Waals surface area contributed by atoms with Crippen LogP contribution in [0, 0.1) is 5.92 Å². The summed E-state index contributed by atoms with van der Waals surface area (Å²) in [4.78, 5) is 0. The number of rotatable bonds is 4. The molecule has 1 aromatic rings. The molecule has 1 aromatic heterocycles. The summed E-state index contributed by atoms with van der Waals surface area (Å²) in [5.74, 6) is 1.75. The zero-order chi connectivity index (χ0) is 8.97. The van der Waals surface area contributed by atoms with Gasteiger partial charge in [-0.3, -0.25) is 0 Å². The van der Waals surface area contributed by atoms with Crippen molar-refractivity contribution in [1.82, 2.24) is 20.2 Å². The van der Waals surface area contributed by atoms with E-state index >= 15 is 0 Å². The van der Waals surface area contributed by atoms with E-state index in [2.05, 4.69) is 29.4 Å². The third-order valence-electron chi connectivity index (χ3n) is 1.34. The highest BCUT2D eigenvalue weighted by atomic mass is 32.2. The molecule has 0 spiro atoms. The van der Waals surface area contributed by atoms with Crippen LogP contribution in [0.2, 0.25) is 0 Å². The van der Waals surface area contributed by atoms with Crippen LogP contribution < -0.4 is 0 Å². The lowest BCUT2D eigenvalue weighted by Gasteiger charge is -2.02. The minimum absolute atomic E-state index is 0.678. The molecule has 0 unspecified atom stereocenters. The van der Waals surface area contributed by atoms with Crippen LogP contribution in [0.1, 0.15) is 20.8 Å². The molecule has 4 nitrogen and oxygen atoms in total. The van der Waals surface area contributed by atoms with Crippen molar-refractivity contribution in [3.05, 3.63) is 0 Å². The number of aromatic nitrogens is 4. The van der Waals surface area contributed by atoms with E-state index in [1.807, 2.05) is 11.6 Å². The second-order valence-electron chi connectivity index (χ2n) is 2.98. The summed E-state index contributed by atoms with van der Waals surface area (Å²) in [6.07, 6.45) is 0. The Morgan fingerprint density at radius 1 is 1.50 bits per heavy atom. The predicted octanol–water partition coefficient (Wildman–Crippen LogP) is 1.44. The van der Waals surface area contributed by atoms with Gasteiger partial charge in [-0.05, 0) is 23.3 Å². The van der Waals surface area contributed by atoms with Gasteiger partial charge in [0.25, 0.3) is 0 Å². The summed E-state index contributed by atoms with van der Waals surface area (Å²) in [5, 5.41) is 12.3. The Hall–Kier alpha value is -0.580. The van der Waals surface area contributed by atoms with Gasteiger partial charge in [0.15, 0.2) is 0 Å². The zero-order valence-electron chi connectivity index (χ0n) is 7.69. The van der Waals surface area contributed by atoms with Crippen LogP contribution in [0.5, 0.6) is 0 Å². The Labute approximate surface area is 76.7 Å². The van der Waals surface area contributed by atoms with Crippen molar-refractivity contribution in [1.29, 1.82) is 0 Å². The third-order valence-corrected chi connectivity index (χ3v) is 2.73. The Morgan fingerprint density at radius 3 is 2.83 bits per heavy atom. The van der Waals surface area contributed by atoms with E-state index in [-0.39, 0.29) is 0 Å². The lowest BCUT2D eigenvalue weighted by molar-refractivity contribution is 0.580. The van der Waals surface area contributed by atoms with E-state index in [1.165, 1.54) is 0 Å². The second-order valence-corrected chi connectivity index (χ2v) is 3.97. The highest BCUT2D eigenvalue weighted by Gasteiger charge is 2.05. The molecule has 68 valence electrons. The Morgan fingerprint density at radius 2 is 2.25 bits per heavy atom. The van der Waals surface area contributed by atoms with E-state index in [4.69, 9.17) is 0 Å². The van der Waals surface area contributed by atoms with E-state index in [1.54, 1.807) is 11.8 Å². The summed E-state index contributed by atoms with van der Waals surface area (Å²) >= 11 is 1.71. The molecule has 0 bridgehead atoms. The normalized spacial score (nSPS) is 11.0. The first-order valence-electron chi connectivity index (χ1n) is 4.13. The SMILES string of the molecule is CCn1nnnc1SCC(C)C. The van der Waals surface area contributed by atoms with Crippen LogP contribution in [0.3, 0.4) is 0 Å². The maximum atomic E-state index is 3.92. The molecule has 12 heavy (non-hydrogen) atoms. The fourth-order valence-corrected chi connectivity index (χ4v) is 1.63. The lowest BCUT2D eigenvalue weighted by Crippen LogP contribution is -2.00. The van der Waals surface area contributed by atoms with Crippen molar-refractivity contribution in [2.75, 3.05) is 5.75 Å². The van der Waals surface area contributed by atoms with Crippen molar-refractivity contribution >= 4 is 11.8 Å². The summed E-state index contributed by atoms with van der Waals surface area (Å²) in [6, 6.07) is 0. The van der Waals surface area contributed by atoms with Gasteiger partial charge in [-0.15, -0.1) is 5.10 Å². The van der Waals surface area contributed by atoms with Gasteiger partial charge >= 0.3 is 0 Å². The molecule has 0 saturated heterocycles. The van der Waals surface area contributed by atoms with Crippen molar-refractivity contribution in [2.24, 2.45) is 5.92 Å². The van der Waals surface area contributed by atoms with E-state index in [9.17, 15) is 0 Å². The smallest absolute Gasteiger partial charge is 0.209 e. The molecule has 5 heteroatoms. The van der Waals surface area contributed by atoms with Gasteiger partial charge in [0.05, 0.1) is 0 Å². The minimum Gasteiger partial charge on any atom is -0.221 e. The molecule has 1 heterocycles. The number of hydrogen-bond donors (Lipinski definition) is 0. The lowest BCUT2D eigenvalue weighted by atomic mass is 10.3. The summed E-state index contributed by atoms with van der Waals surface area (Å²) in [7, 11) is 0. The van der Waals surface area contributed by atoms with Crippen LogP contribution in [-0.2, 0) is 6.54 Å². The van der Waals surface area contributed by atoms with E-state index in [0.29, 0.717) is 5.92 Å². The molecule has 0 fully saturated rings. The number of hydrogen-bond acceptors (Lipinski definition) is 4. The quantitative estimate of drug-likeness (QED) is 0.667. The van der Waals surface area contributed by atoms with Gasteiger partial charge in [0.2, 0.25) is 5.16 Å². The average molecular weight is 186 g/mol. The first kappa shape index (κ1) is 9.51. The molecule has 0 aliphatic heterocycles. The summed E-state index contributed by atoms with van der Waals surface area (Å²) < 4.78 is 1.81. The molecule has 0 aromatic carbocycles. The summed E-state index contributed by atoms with van der Waals surface area (Å²) in [5.41, 5.74) is 0. The average Bonchev–Trinajstić information content (AvgIpc) is 2.47. The number of thioether (sulfide) groups is 1. The first-order valence-corrected chi connectivity index (χ1v) is 5.11. The predicted molar refractivity (Wildman–Crippen MR) is 49.1 cm³/mol. The Kier molecular flexibility index (Phi) is 3.52. The molecular formula is C7H14N4S. The molecule has 0 aliphatic carbocycles. The maximum Gasteiger partial charge on any atom is 0.209 e. The monoisotopic (exact) mass is 186 g/mol. The van der Waals surface area contributed by atoms with Crippen LogP contribution >= 0.6 is 11.8 Å².